The van der Waals surface area contributed by atoms with Crippen LogP contribution in [0.5, 0.6) is 0 Å². The molecule has 0 aliphatic rings. The first-order chi connectivity index (χ1) is 6.76. The van der Waals surface area contributed by atoms with Crippen molar-refractivity contribution in [3.05, 3.63) is 0 Å². The summed E-state index contributed by atoms with van der Waals surface area (Å²) >= 11 is 0. The van der Waals surface area contributed by atoms with Gasteiger partial charge < -0.3 is 10.4 Å². The predicted molar refractivity (Wildman–Crippen MR) is 45.1 cm³/mol. The highest BCUT2D eigenvalue weighted by molar-refractivity contribution is 5.83. The lowest BCUT2D eigenvalue weighted by Crippen LogP contribution is -2.40. The Kier molecular flexibility index (Phi) is 5.10. The van der Waals surface area contributed by atoms with Gasteiger partial charge in [-0.2, -0.15) is 13.2 Å². The Morgan fingerprint density at radius 3 is 2.27 bits per heavy atom. The van der Waals surface area contributed by atoms with Gasteiger partial charge in [0, 0.05) is 6.42 Å². The second-order valence-electron chi connectivity index (χ2n) is 2.98. The molecule has 1 atom stereocenters. The van der Waals surface area contributed by atoms with E-state index in [-0.39, 0.29) is 6.42 Å². The molecule has 0 bridgehead atoms. The minimum atomic E-state index is -4.40. The zero-order chi connectivity index (χ0) is 12.1. The number of carboxylic acids is 1. The van der Waals surface area contributed by atoms with Crippen LogP contribution in [0.4, 0.5) is 13.2 Å². The average Bonchev–Trinajstić information content (AvgIpc) is 2.09. The normalized spacial score (nSPS) is 13.3. The number of halogens is 3. The number of nitrogens with one attached hydrogen (secondary N) is 1. The molecular weight excluding hydrogens is 215 g/mol. The molecule has 0 aromatic carbocycles. The van der Waals surface area contributed by atoms with Gasteiger partial charge >= 0.3 is 12.1 Å². The molecule has 4 nitrogen and oxygen atoms in total. The van der Waals surface area contributed by atoms with Gasteiger partial charge in [0.1, 0.15) is 6.04 Å². The molecule has 7 heteroatoms. The minimum Gasteiger partial charge on any atom is -0.480 e. The smallest absolute Gasteiger partial charge is 0.389 e. The van der Waals surface area contributed by atoms with E-state index in [0.717, 1.165) is 0 Å². The first kappa shape index (κ1) is 13.7. The van der Waals surface area contributed by atoms with Crippen LogP contribution in [-0.2, 0) is 9.59 Å². The molecule has 0 saturated carbocycles. The summed E-state index contributed by atoms with van der Waals surface area (Å²) in [6, 6.07) is -1.12. The van der Waals surface area contributed by atoms with E-state index in [1.807, 2.05) is 5.32 Å². The fourth-order valence-corrected chi connectivity index (χ4v) is 0.860. The van der Waals surface area contributed by atoms with Gasteiger partial charge in [-0.3, -0.25) is 4.79 Å². The van der Waals surface area contributed by atoms with Crippen molar-refractivity contribution in [3.63, 3.8) is 0 Å². The maximum atomic E-state index is 11.7. The van der Waals surface area contributed by atoms with Crippen LogP contribution in [0.15, 0.2) is 0 Å². The zero-order valence-electron chi connectivity index (χ0n) is 8.10. The molecule has 0 aromatic heterocycles. The first-order valence-corrected chi connectivity index (χ1v) is 4.35. The van der Waals surface area contributed by atoms with Gasteiger partial charge in [-0.1, -0.05) is 6.92 Å². The third-order valence-corrected chi connectivity index (χ3v) is 1.68. The molecule has 0 saturated heterocycles. The number of alkyl halides is 3. The second-order valence-corrected chi connectivity index (χ2v) is 2.98. The summed E-state index contributed by atoms with van der Waals surface area (Å²) in [6.45, 7) is 1.52. The van der Waals surface area contributed by atoms with E-state index in [4.69, 9.17) is 5.11 Å². The molecule has 2 N–H and O–H groups in total. The second kappa shape index (κ2) is 5.57. The van der Waals surface area contributed by atoms with Gasteiger partial charge in [0.15, 0.2) is 0 Å². The monoisotopic (exact) mass is 227 g/mol. The van der Waals surface area contributed by atoms with Gasteiger partial charge in [-0.25, -0.2) is 4.79 Å². The lowest BCUT2D eigenvalue weighted by molar-refractivity contribution is -0.146. The minimum absolute atomic E-state index is 0.132. The fraction of sp³-hybridized carbons (Fsp3) is 0.750. The molecule has 15 heavy (non-hydrogen) atoms. The number of carboxylic acid groups (broad SMARTS) is 1. The van der Waals surface area contributed by atoms with Crippen molar-refractivity contribution >= 4 is 11.9 Å². The Hall–Kier alpha value is -1.27. The quantitative estimate of drug-likeness (QED) is 0.744. The average molecular weight is 227 g/mol. The van der Waals surface area contributed by atoms with E-state index in [1.54, 1.807) is 0 Å². The van der Waals surface area contributed by atoms with E-state index < -0.39 is 36.9 Å². The summed E-state index contributed by atoms with van der Waals surface area (Å²) in [6.07, 6.45) is -6.25. The van der Waals surface area contributed by atoms with Crippen molar-refractivity contribution < 1.29 is 27.9 Å². The van der Waals surface area contributed by atoms with E-state index >= 15 is 0 Å². The zero-order valence-corrected chi connectivity index (χ0v) is 8.10. The molecule has 0 aliphatic heterocycles. The molecule has 88 valence electrons. The Morgan fingerprint density at radius 2 is 1.93 bits per heavy atom. The van der Waals surface area contributed by atoms with Gasteiger partial charge in [-0.05, 0) is 6.42 Å². The summed E-state index contributed by atoms with van der Waals surface area (Å²) in [4.78, 5) is 21.3. The topological polar surface area (TPSA) is 66.4 Å². The molecular formula is C8H12F3NO3. The molecule has 0 radical (unpaired) electrons. The van der Waals surface area contributed by atoms with Crippen LogP contribution >= 0.6 is 0 Å². The largest absolute Gasteiger partial charge is 0.480 e. The Morgan fingerprint density at radius 1 is 1.40 bits per heavy atom. The van der Waals surface area contributed by atoms with Crippen LogP contribution in [0.3, 0.4) is 0 Å². The number of carbonyl (C=O) groups excluding carboxylic acids is 1. The number of amides is 1. The van der Waals surface area contributed by atoms with Crippen LogP contribution in [0.1, 0.15) is 26.2 Å². The number of hydrogen-bond donors (Lipinski definition) is 2. The van der Waals surface area contributed by atoms with Gasteiger partial charge in [0.05, 0.1) is 6.42 Å². The summed E-state index contributed by atoms with van der Waals surface area (Å²) in [5.74, 6) is -2.15. The van der Waals surface area contributed by atoms with Crippen molar-refractivity contribution in [2.45, 2.75) is 38.4 Å². The van der Waals surface area contributed by atoms with E-state index in [1.165, 1.54) is 6.92 Å². The highest BCUT2D eigenvalue weighted by Gasteiger charge is 2.28. The summed E-state index contributed by atoms with van der Waals surface area (Å²) < 4.78 is 35.1. The van der Waals surface area contributed by atoms with Gasteiger partial charge in [-0.15, -0.1) is 0 Å². The molecule has 1 amide bonds. The third-order valence-electron chi connectivity index (χ3n) is 1.68. The summed E-state index contributed by atoms with van der Waals surface area (Å²) in [7, 11) is 0. The van der Waals surface area contributed by atoms with Crippen LogP contribution in [-0.4, -0.2) is 29.2 Å². The van der Waals surface area contributed by atoms with Gasteiger partial charge in [0.2, 0.25) is 5.91 Å². The molecule has 0 spiro atoms. The summed E-state index contributed by atoms with van der Waals surface area (Å²) in [5, 5.41) is 10.5. The van der Waals surface area contributed by atoms with Crippen molar-refractivity contribution in [3.8, 4) is 0 Å². The highest BCUT2D eigenvalue weighted by Crippen LogP contribution is 2.21. The summed E-state index contributed by atoms with van der Waals surface area (Å²) in [5.41, 5.74) is 0. The lowest BCUT2D eigenvalue weighted by Gasteiger charge is -2.12. The Labute approximate surface area is 84.5 Å². The SMILES string of the molecule is CC[C@@H](NC(=O)CCC(F)(F)F)C(=O)O. The standard InChI is InChI=1S/C8H12F3NO3/c1-2-5(7(14)15)12-6(13)3-4-8(9,10)11/h5H,2-4H2,1H3,(H,12,13)(H,14,15)/t5-/m1/s1. The highest BCUT2D eigenvalue weighted by atomic mass is 19.4. The first-order valence-electron chi connectivity index (χ1n) is 4.35. The Balaban J connectivity index is 3.98. The number of hydrogen-bond acceptors (Lipinski definition) is 2. The Bertz CT molecular complexity index is 240. The molecule has 0 heterocycles. The maximum Gasteiger partial charge on any atom is 0.389 e. The van der Waals surface area contributed by atoms with Crippen LogP contribution < -0.4 is 5.32 Å². The van der Waals surface area contributed by atoms with Crippen LogP contribution in [0.25, 0.3) is 0 Å². The number of carbonyl (C=O) groups is 2. The number of rotatable bonds is 5. The molecule has 0 unspecified atom stereocenters. The number of aliphatic carboxylic acids is 1. The predicted octanol–water partition coefficient (Wildman–Crippen LogP) is 1.31. The van der Waals surface area contributed by atoms with Gasteiger partial charge in [0.25, 0.3) is 0 Å². The van der Waals surface area contributed by atoms with Crippen molar-refractivity contribution in [2.75, 3.05) is 0 Å². The molecule has 0 rings (SSSR count). The molecule has 0 aliphatic carbocycles. The van der Waals surface area contributed by atoms with Crippen molar-refractivity contribution in [2.24, 2.45) is 0 Å². The van der Waals surface area contributed by atoms with Crippen LogP contribution in [0.2, 0.25) is 0 Å². The lowest BCUT2D eigenvalue weighted by atomic mass is 10.2. The van der Waals surface area contributed by atoms with Crippen molar-refractivity contribution in [1.82, 2.24) is 5.32 Å². The van der Waals surface area contributed by atoms with E-state index in [9.17, 15) is 22.8 Å². The van der Waals surface area contributed by atoms with Crippen molar-refractivity contribution in [1.29, 1.82) is 0 Å². The molecule has 0 aromatic rings. The third kappa shape index (κ3) is 6.75. The van der Waals surface area contributed by atoms with E-state index in [2.05, 4.69) is 0 Å². The maximum absolute atomic E-state index is 11.7. The fourth-order valence-electron chi connectivity index (χ4n) is 0.860. The molecule has 0 fully saturated rings. The van der Waals surface area contributed by atoms with Crippen LogP contribution in [0, 0.1) is 0 Å². The van der Waals surface area contributed by atoms with E-state index in [0.29, 0.717) is 0 Å².